The van der Waals surface area contributed by atoms with E-state index in [1.54, 1.807) is 11.8 Å². The maximum Gasteiger partial charge on any atom is 0.320 e. The quantitative estimate of drug-likeness (QED) is 0.822. The highest BCUT2D eigenvalue weighted by atomic mass is 32.2. The third kappa shape index (κ3) is 4.97. The van der Waals surface area contributed by atoms with Gasteiger partial charge in [0.15, 0.2) is 5.17 Å². The SMILES string of the molecule is Cc1cccc(C)c1OCCCNC(=O)NC1=NCCS1. The topological polar surface area (TPSA) is 62.7 Å². The smallest absolute Gasteiger partial charge is 0.320 e. The van der Waals surface area contributed by atoms with Gasteiger partial charge in [-0.15, -0.1) is 0 Å². The average molecular weight is 307 g/mol. The second kappa shape index (κ2) is 7.93. The van der Waals surface area contributed by atoms with Crippen molar-refractivity contribution in [3.05, 3.63) is 29.3 Å². The summed E-state index contributed by atoms with van der Waals surface area (Å²) in [4.78, 5) is 15.7. The fourth-order valence-corrected chi connectivity index (χ4v) is 2.75. The molecule has 1 aliphatic rings. The van der Waals surface area contributed by atoms with Crippen LogP contribution in [0.2, 0.25) is 0 Å². The number of amidine groups is 1. The van der Waals surface area contributed by atoms with Gasteiger partial charge in [0.1, 0.15) is 5.75 Å². The number of benzene rings is 1. The summed E-state index contributed by atoms with van der Waals surface area (Å²) in [5.74, 6) is 1.89. The fraction of sp³-hybridized carbons (Fsp3) is 0.467. The molecule has 1 aromatic rings. The van der Waals surface area contributed by atoms with Crippen molar-refractivity contribution in [3.8, 4) is 5.75 Å². The number of aliphatic imine (C=N–C) groups is 1. The maximum atomic E-state index is 11.6. The number of urea groups is 1. The summed E-state index contributed by atoms with van der Waals surface area (Å²) in [5.41, 5.74) is 2.27. The van der Waals surface area contributed by atoms with Crippen LogP contribution in [0.25, 0.3) is 0 Å². The van der Waals surface area contributed by atoms with E-state index in [4.69, 9.17) is 4.74 Å². The summed E-state index contributed by atoms with van der Waals surface area (Å²) in [6, 6.07) is 5.89. The molecule has 0 saturated carbocycles. The molecule has 2 rings (SSSR count). The molecule has 1 aliphatic heterocycles. The lowest BCUT2D eigenvalue weighted by Gasteiger charge is -2.12. The van der Waals surface area contributed by atoms with Crippen LogP contribution in [0.1, 0.15) is 17.5 Å². The zero-order valence-corrected chi connectivity index (χ0v) is 13.3. The first-order valence-electron chi connectivity index (χ1n) is 7.08. The first kappa shape index (κ1) is 15.7. The molecule has 0 aromatic heterocycles. The van der Waals surface area contributed by atoms with Gasteiger partial charge in [-0.2, -0.15) is 0 Å². The van der Waals surface area contributed by atoms with Gasteiger partial charge in [0.25, 0.3) is 0 Å². The Balaban J connectivity index is 1.62. The van der Waals surface area contributed by atoms with Gasteiger partial charge in [-0.3, -0.25) is 10.3 Å². The van der Waals surface area contributed by atoms with Gasteiger partial charge in [-0.25, -0.2) is 4.79 Å². The molecule has 6 heteroatoms. The minimum Gasteiger partial charge on any atom is -0.493 e. The summed E-state index contributed by atoms with van der Waals surface area (Å²) in [6.07, 6.45) is 0.765. The Kier molecular flexibility index (Phi) is 5.92. The Morgan fingerprint density at radius 2 is 2.14 bits per heavy atom. The van der Waals surface area contributed by atoms with Crippen molar-refractivity contribution in [2.75, 3.05) is 25.4 Å². The minimum atomic E-state index is -0.199. The number of rotatable bonds is 5. The molecule has 0 spiro atoms. The molecule has 1 heterocycles. The predicted molar refractivity (Wildman–Crippen MR) is 87.3 cm³/mol. The molecule has 2 amide bonds. The fourth-order valence-electron chi connectivity index (χ4n) is 2.03. The van der Waals surface area contributed by atoms with Gasteiger partial charge in [0.2, 0.25) is 0 Å². The molecule has 0 fully saturated rings. The summed E-state index contributed by atoms with van der Waals surface area (Å²) in [6.45, 7) is 6.02. The first-order chi connectivity index (χ1) is 10.2. The molecule has 21 heavy (non-hydrogen) atoms. The number of para-hydroxylation sites is 1. The third-order valence-electron chi connectivity index (χ3n) is 3.07. The van der Waals surface area contributed by atoms with Crippen molar-refractivity contribution in [1.29, 1.82) is 0 Å². The highest BCUT2D eigenvalue weighted by Gasteiger charge is 2.10. The maximum absolute atomic E-state index is 11.6. The van der Waals surface area contributed by atoms with E-state index in [2.05, 4.69) is 15.6 Å². The molecular weight excluding hydrogens is 286 g/mol. The number of amides is 2. The first-order valence-corrected chi connectivity index (χ1v) is 8.06. The van der Waals surface area contributed by atoms with Crippen LogP contribution in [0.4, 0.5) is 4.79 Å². The number of aryl methyl sites for hydroxylation is 2. The standard InChI is InChI=1S/C15H21N3O2S/c1-11-5-3-6-12(2)13(11)20-9-4-7-16-14(19)18-15-17-8-10-21-15/h3,5-6H,4,7-10H2,1-2H3,(H2,16,17,18,19). The zero-order chi connectivity index (χ0) is 15.1. The van der Waals surface area contributed by atoms with Gasteiger partial charge in [-0.1, -0.05) is 30.0 Å². The van der Waals surface area contributed by atoms with Crippen molar-refractivity contribution >= 4 is 23.0 Å². The van der Waals surface area contributed by atoms with Crippen LogP contribution in [0, 0.1) is 13.8 Å². The van der Waals surface area contributed by atoms with Crippen molar-refractivity contribution in [3.63, 3.8) is 0 Å². The lowest BCUT2D eigenvalue weighted by Crippen LogP contribution is -2.38. The average Bonchev–Trinajstić information content (AvgIpc) is 2.94. The van der Waals surface area contributed by atoms with Gasteiger partial charge < -0.3 is 10.1 Å². The Labute approximate surface area is 129 Å². The van der Waals surface area contributed by atoms with E-state index >= 15 is 0 Å². The lowest BCUT2D eigenvalue weighted by atomic mass is 10.1. The van der Waals surface area contributed by atoms with Crippen LogP contribution in [-0.4, -0.2) is 36.6 Å². The summed E-state index contributed by atoms with van der Waals surface area (Å²) >= 11 is 1.57. The Morgan fingerprint density at radius 3 is 2.81 bits per heavy atom. The Morgan fingerprint density at radius 1 is 1.38 bits per heavy atom. The second-order valence-corrected chi connectivity index (χ2v) is 5.92. The number of nitrogens with one attached hydrogen (secondary N) is 2. The van der Waals surface area contributed by atoms with Crippen LogP contribution < -0.4 is 15.4 Å². The number of carbonyl (C=O) groups excluding carboxylic acids is 1. The van der Waals surface area contributed by atoms with Crippen LogP contribution >= 0.6 is 11.8 Å². The van der Waals surface area contributed by atoms with Crippen LogP contribution in [0.15, 0.2) is 23.2 Å². The van der Waals surface area contributed by atoms with Crippen molar-refractivity contribution in [2.45, 2.75) is 20.3 Å². The number of carbonyl (C=O) groups is 1. The second-order valence-electron chi connectivity index (χ2n) is 4.84. The minimum absolute atomic E-state index is 0.199. The monoisotopic (exact) mass is 307 g/mol. The van der Waals surface area contributed by atoms with E-state index in [1.807, 2.05) is 32.0 Å². The van der Waals surface area contributed by atoms with E-state index < -0.39 is 0 Å². The Bertz CT molecular complexity index is 511. The van der Waals surface area contributed by atoms with E-state index in [1.165, 1.54) is 0 Å². The molecule has 2 N–H and O–H groups in total. The van der Waals surface area contributed by atoms with Gasteiger partial charge >= 0.3 is 6.03 Å². The number of nitrogens with zero attached hydrogens (tertiary/aromatic N) is 1. The molecule has 0 aliphatic carbocycles. The molecule has 0 saturated heterocycles. The van der Waals surface area contributed by atoms with Gasteiger partial charge in [0.05, 0.1) is 13.2 Å². The highest BCUT2D eigenvalue weighted by Crippen LogP contribution is 2.22. The number of thioether (sulfide) groups is 1. The van der Waals surface area contributed by atoms with Crippen molar-refractivity contribution in [2.24, 2.45) is 4.99 Å². The van der Waals surface area contributed by atoms with E-state index in [-0.39, 0.29) is 6.03 Å². The van der Waals surface area contributed by atoms with Crippen LogP contribution in [0.5, 0.6) is 5.75 Å². The Hall–Kier alpha value is -1.69. The van der Waals surface area contributed by atoms with Gasteiger partial charge in [0, 0.05) is 12.3 Å². The normalized spacial score (nSPS) is 13.7. The number of hydrogen-bond donors (Lipinski definition) is 2. The predicted octanol–water partition coefficient (Wildman–Crippen LogP) is 2.47. The summed E-state index contributed by atoms with van der Waals surface area (Å²) < 4.78 is 5.78. The summed E-state index contributed by atoms with van der Waals surface area (Å²) in [5, 5.41) is 6.24. The molecule has 0 bridgehead atoms. The van der Waals surface area contributed by atoms with Crippen molar-refractivity contribution in [1.82, 2.24) is 10.6 Å². The molecule has 0 radical (unpaired) electrons. The van der Waals surface area contributed by atoms with E-state index in [0.29, 0.717) is 18.3 Å². The largest absolute Gasteiger partial charge is 0.493 e. The molecular formula is C15H21N3O2S. The molecule has 0 unspecified atom stereocenters. The zero-order valence-electron chi connectivity index (χ0n) is 12.4. The summed E-state index contributed by atoms with van der Waals surface area (Å²) in [7, 11) is 0. The highest BCUT2D eigenvalue weighted by molar-refractivity contribution is 8.14. The molecule has 5 nitrogen and oxygen atoms in total. The van der Waals surface area contributed by atoms with Crippen LogP contribution in [0.3, 0.4) is 0 Å². The van der Waals surface area contributed by atoms with Crippen molar-refractivity contribution < 1.29 is 9.53 Å². The van der Waals surface area contributed by atoms with Gasteiger partial charge in [-0.05, 0) is 31.4 Å². The van der Waals surface area contributed by atoms with E-state index in [9.17, 15) is 4.79 Å². The molecule has 0 atom stereocenters. The van der Waals surface area contributed by atoms with E-state index in [0.717, 1.165) is 35.6 Å². The van der Waals surface area contributed by atoms with Crippen LogP contribution in [-0.2, 0) is 0 Å². The number of ether oxygens (including phenoxy) is 1. The third-order valence-corrected chi connectivity index (χ3v) is 3.96. The lowest BCUT2D eigenvalue weighted by molar-refractivity contribution is 0.243. The number of hydrogen-bond acceptors (Lipinski definition) is 4. The molecule has 114 valence electrons. The molecule has 1 aromatic carbocycles.